The molecular formula is C19H25ClF3N7O. The minimum Gasteiger partial charge on any atom is -0.368 e. The summed E-state index contributed by atoms with van der Waals surface area (Å²) in [6, 6.07) is 7.66. The van der Waals surface area contributed by atoms with E-state index in [-0.39, 0.29) is 18.5 Å². The van der Waals surface area contributed by atoms with E-state index in [1.807, 2.05) is 34.5 Å². The molecule has 1 aliphatic rings. The van der Waals surface area contributed by atoms with Crippen LogP contribution in [-0.4, -0.2) is 70.9 Å². The number of aromatic nitrogens is 3. The van der Waals surface area contributed by atoms with Gasteiger partial charge in [0.1, 0.15) is 0 Å². The van der Waals surface area contributed by atoms with Crippen molar-refractivity contribution in [1.29, 1.82) is 0 Å². The molecule has 1 aromatic carbocycles. The maximum absolute atomic E-state index is 12.5. The molecule has 0 aliphatic carbocycles. The Bertz CT molecular complexity index is 851. The molecule has 1 aromatic heterocycles. The Balaban J connectivity index is 1.57. The van der Waals surface area contributed by atoms with Crippen LogP contribution in [0.25, 0.3) is 0 Å². The van der Waals surface area contributed by atoms with Crippen molar-refractivity contribution < 1.29 is 18.0 Å². The normalized spacial score (nSPS) is 15.5. The summed E-state index contributed by atoms with van der Waals surface area (Å²) < 4.78 is 37.4. The zero-order valence-corrected chi connectivity index (χ0v) is 17.6. The Labute approximate surface area is 182 Å². The number of hydrogen-bond donors (Lipinski definition) is 3. The monoisotopic (exact) mass is 459 g/mol. The van der Waals surface area contributed by atoms with E-state index in [9.17, 15) is 18.0 Å². The van der Waals surface area contributed by atoms with Crippen molar-refractivity contribution in [2.24, 2.45) is 0 Å². The van der Waals surface area contributed by atoms with Gasteiger partial charge in [-0.15, -0.1) is 5.10 Å². The highest BCUT2D eigenvalue weighted by Gasteiger charge is 2.38. The number of rotatable bonds is 8. The Hall–Kier alpha value is -2.53. The van der Waals surface area contributed by atoms with Gasteiger partial charge in [0, 0.05) is 43.8 Å². The number of amides is 1. The van der Waals surface area contributed by atoms with E-state index in [1.54, 1.807) is 0 Å². The lowest BCUT2D eigenvalue weighted by molar-refractivity contribution is -0.173. The number of hydrogen-bond acceptors (Lipinski definition) is 6. The first-order chi connectivity index (χ1) is 14.7. The summed E-state index contributed by atoms with van der Waals surface area (Å²) in [5.74, 6) is -1.12. The van der Waals surface area contributed by atoms with Crippen molar-refractivity contribution in [3.05, 3.63) is 34.9 Å². The first-order valence-corrected chi connectivity index (χ1v) is 10.4. The van der Waals surface area contributed by atoms with Crippen molar-refractivity contribution in [3.63, 3.8) is 0 Å². The number of carbonyl (C=O) groups is 1. The van der Waals surface area contributed by atoms with Crippen molar-refractivity contribution in [2.45, 2.75) is 31.5 Å². The molecule has 12 heteroatoms. The number of H-pyrrole nitrogens is 1. The fourth-order valence-corrected chi connectivity index (χ4v) is 3.78. The third-order valence-electron chi connectivity index (χ3n) is 5.30. The van der Waals surface area contributed by atoms with Gasteiger partial charge in [-0.25, -0.2) is 5.10 Å². The number of benzene rings is 1. The fourth-order valence-electron chi connectivity index (χ4n) is 3.65. The predicted octanol–water partition coefficient (Wildman–Crippen LogP) is 2.23. The fraction of sp³-hybridized carbons (Fsp3) is 0.526. The summed E-state index contributed by atoms with van der Waals surface area (Å²) in [6.07, 6.45) is -2.56. The first kappa shape index (κ1) is 23.1. The van der Waals surface area contributed by atoms with E-state index >= 15 is 0 Å². The standard InChI is InChI=1S/C19H25ClF3N7O/c20-14-3-1-13(2-4-14)5-9-29(12-8-25-16(31)19(21,22)23)15-6-10-30(11-7-15)18-26-17(24)27-28-18/h1-4,15H,5-12H2,(H,25,31)(H3,24,26,27,28). The second-order valence-electron chi connectivity index (χ2n) is 7.40. The molecule has 3 rings (SSSR count). The zero-order valence-electron chi connectivity index (χ0n) is 16.8. The molecule has 1 saturated heterocycles. The van der Waals surface area contributed by atoms with E-state index in [0.717, 1.165) is 24.8 Å². The molecule has 8 nitrogen and oxygen atoms in total. The highest BCUT2D eigenvalue weighted by Crippen LogP contribution is 2.21. The van der Waals surface area contributed by atoms with Gasteiger partial charge in [0.25, 0.3) is 0 Å². The lowest BCUT2D eigenvalue weighted by Crippen LogP contribution is -2.49. The van der Waals surface area contributed by atoms with Gasteiger partial charge in [-0.1, -0.05) is 23.7 Å². The number of nitrogens with zero attached hydrogens (tertiary/aromatic N) is 4. The average Bonchev–Trinajstić information content (AvgIpc) is 3.17. The smallest absolute Gasteiger partial charge is 0.368 e. The molecule has 0 unspecified atom stereocenters. The van der Waals surface area contributed by atoms with Crippen LogP contribution in [0.4, 0.5) is 25.1 Å². The molecule has 0 bridgehead atoms. The van der Waals surface area contributed by atoms with Crippen molar-refractivity contribution in [2.75, 3.05) is 43.4 Å². The lowest BCUT2D eigenvalue weighted by atomic mass is 10.0. The van der Waals surface area contributed by atoms with E-state index < -0.39 is 12.1 Å². The van der Waals surface area contributed by atoms with E-state index in [1.165, 1.54) is 0 Å². The molecule has 0 saturated carbocycles. The second-order valence-corrected chi connectivity index (χ2v) is 7.84. The number of halogens is 4. The van der Waals surface area contributed by atoms with Gasteiger partial charge in [0.15, 0.2) is 0 Å². The summed E-state index contributed by atoms with van der Waals surface area (Å²) in [6.45, 7) is 2.31. The lowest BCUT2D eigenvalue weighted by Gasteiger charge is -2.38. The second kappa shape index (κ2) is 10.2. The summed E-state index contributed by atoms with van der Waals surface area (Å²) in [5.41, 5.74) is 6.67. The molecule has 4 N–H and O–H groups in total. The first-order valence-electron chi connectivity index (χ1n) is 9.98. The molecule has 0 radical (unpaired) electrons. The van der Waals surface area contributed by atoms with Crippen LogP contribution in [0.1, 0.15) is 18.4 Å². The third kappa shape index (κ3) is 6.73. The van der Waals surface area contributed by atoms with Crippen LogP contribution < -0.4 is 16.0 Å². The Morgan fingerprint density at radius 3 is 2.52 bits per heavy atom. The van der Waals surface area contributed by atoms with Gasteiger partial charge in [-0.2, -0.15) is 18.2 Å². The van der Waals surface area contributed by atoms with E-state index in [4.69, 9.17) is 17.3 Å². The van der Waals surface area contributed by atoms with Crippen LogP contribution in [0.2, 0.25) is 5.02 Å². The quantitative estimate of drug-likeness (QED) is 0.559. The topological polar surface area (TPSA) is 103 Å². The van der Waals surface area contributed by atoms with Gasteiger partial charge < -0.3 is 16.0 Å². The molecule has 31 heavy (non-hydrogen) atoms. The summed E-state index contributed by atoms with van der Waals surface area (Å²) in [5, 5.41) is 9.30. The Morgan fingerprint density at radius 1 is 1.26 bits per heavy atom. The average molecular weight is 460 g/mol. The molecule has 2 heterocycles. The zero-order chi connectivity index (χ0) is 22.4. The number of anilines is 2. The van der Waals surface area contributed by atoms with Crippen LogP contribution >= 0.6 is 11.6 Å². The summed E-state index contributed by atoms with van der Waals surface area (Å²) in [7, 11) is 0. The number of nitrogens with one attached hydrogen (secondary N) is 2. The highest BCUT2D eigenvalue weighted by molar-refractivity contribution is 6.30. The molecule has 1 amide bonds. The van der Waals surface area contributed by atoms with Gasteiger partial charge in [-0.3, -0.25) is 9.69 Å². The van der Waals surface area contributed by atoms with Crippen LogP contribution in [0.15, 0.2) is 24.3 Å². The van der Waals surface area contributed by atoms with E-state index in [2.05, 4.69) is 20.1 Å². The van der Waals surface area contributed by atoms with Crippen LogP contribution in [-0.2, 0) is 11.2 Å². The summed E-state index contributed by atoms with van der Waals surface area (Å²) in [4.78, 5) is 19.4. The van der Waals surface area contributed by atoms with Crippen molar-refractivity contribution >= 4 is 29.4 Å². The number of nitrogen functional groups attached to an aromatic ring is 1. The SMILES string of the molecule is Nc1nc(N2CCC(N(CCNC(=O)C(F)(F)F)CCc3ccc(Cl)cc3)CC2)n[nH]1. The molecule has 1 fully saturated rings. The molecule has 170 valence electrons. The van der Waals surface area contributed by atoms with Crippen LogP contribution in [0.5, 0.6) is 0 Å². The summed E-state index contributed by atoms with van der Waals surface area (Å²) >= 11 is 5.93. The third-order valence-corrected chi connectivity index (χ3v) is 5.55. The van der Waals surface area contributed by atoms with Gasteiger partial charge >= 0.3 is 12.1 Å². The Morgan fingerprint density at radius 2 is 1.94 bits per heavy atom. The van der Waals surface area contributed by atoms with Gasteiger partial charge in [0.2, 0.25) is 11.9 Å². The largest absolute Gasteiger partial charge is 0.471 e. The number of aromatic amines is 1. The number of piperidine rings is 1. The number of nitrogens with two attached hydrogens (primary N) is 1. The number of carbonyl (C=O) groups excluding carboxylic acids is 1. The molecule has 2 aromatic rings. The molecular weight excluding hydrogens is 435 g/mol. The van der Waals surface area contributed by atoms with Crippen LogP contribution in [0.3, 0.4) is 0 Å². The highest BCUT2D eigenvalue weighted by atomic mass is 35.5. The maximum Gasteiger partial charge on any atom is 0.471 e. The molecule has 0 spiro atoms. The van der Waals surface area contributed by atoms with Crippen molar-refractivity contribution in [3.8, 4) is 0 Å². The number of alkyl halides is 3. The van der Waals surface area contributed by atoms with Crippen LogP contribution in [0, 0.1) is 0 Å². The van der Waals surface area contributed by atoms with Gasteiger partial charge in [-0.05, 0) is 37.0 Å². The Kier molecular flexibility index (Phi) is 7.60. The van der Waals surface area contributed by atoms with E-state index in [0.29, 0.717) is 37.1 Å². The maximum atomic E-state index is 12.5. The minimum atomic E-state index is -4.88. The molecule has 0 atom stereocenters. The van der Waals surface area contributed by atoms with Crippen molar-refractivity contribution in [1.82, 2.24) is 25.4 Å². The van der Waals surface area contributed by atoms with Gasteiger partial charge in [0.05, 0.1) is 0 Å². The minimum absolute atomic E-state index is 0.0728. The molecule has 1 aliphatic heterocycles. The predicted molar refractivity (Wildman–Crippen MR) is 112 cm³/mol.